The van der Waals surface area contributed by atoms with Crippen molar-refractivity contribution in [3.8, 4) is 11.5 Å². The molecular formula is C19H12O4. The molecule has 4 nitrogen and oxygen atoms in total. The van der Waals surface area contributed by atoms with E-state index in [1.54, 1.807) is 12.1 Å². The molecule has 2 N–H and O–H groups in total. The first kappa shape index (κ1) is 13.5. The van der Waals surface area contributed by atoms with Gasteiger partial charge in [0.1, 0.15) is 11.5 Å². The van der Waals surface area contributed by atoms with Gasteiger partial charge in [-0.05, 0) is 24.4 Å². The minimum Gasteiger partial charge on any atom is -0.507 e. The van der Waals surface area contributed by atoms with Crippen LogP contribution in [0.15, 0.2) is 42.5 Å². The Kier molecular flexibility index (Phi) is 2.60. The van der Waals surface area contributed by atoms with E-state index in [-0.39, 0.29) is 39.5 Å². The van der Waals surface area contributed by atoms with E-state index in [0.29, 0.717) is 10.8 Å². The van der Waals surface area contributed by atoms with Crippen LogP contribution in [0.1, 0.15) is 37.4 Å². The van der Waals surface area contributed by atoms with Crippen LogP contribution in [-0.4, -0.2) is 21.8 Å². The Bertz CT molecular complexity index is 1030. The molecule has 0 unspecified atom stereocenters. The molecule has 112 valence electrons. The topological polar surface area (TPSA) is 74.6 Å². The maximum Gasteiger partial charge on any atom is 0.201 e. The van der Waals surface area contributed by atoms with Gasteiger partial charge in [-0.3, -0.25) is 9.59 Å². The largest absolute Gasteiger partial charge is 0.507 e. The normalized spacial score (nSPS) is 13.1. The molecule has 0 atom stereocenters. The second-order valence-corrected chi connectivity index (χ2v) is 5.73. The molecule has 1 aliphatic carbocycles. The van der Waals surface area contributed by atoms with Gasteiger partial charge in [-0.15, -0.1) is 0 Å². The Hall–Kier alpha value is -3.14. The number of ketones is 2. The standard InChI is InChI=1S/C19H12O4/c1-9-5-6-11-10(7-9)8-13-16(18(11)22)19(23)15-12(17(13)21)3-2-4-14(15)20/h2-8,20,22H,1H3. The zero-order chi connectivity index (χ0) is 16.3. The van der Waals surface area contributed by atoms with E-state index in [0.717, 1.165) is 5.56 Å². The van der Waals surface area contributed by atoms with E-state index in [9.17, 15) is 19.8 Å². The van der Waals surface area contributed by atoms with Crippen molar-refractivity contribution in [1.29, 1.82) is 0 Å². The number of fused-ring (bicyclic) bond motifs is 3. The van der Waals surface area contributed by atoms with Crippen LogP contribution in [0.5, 0.6) is 11.5 Å². The summed E-state index contributed by atoms with van der Waals surface area (Å²) in [5, 5.41) is 21.7. The molecule has 0 saturated carbocycles. The van der Waals surface area contributed by atoms with Crippen molar-refractivity contribution in [2.75, 3.05) is 0 Å². The number of phenols is 2. The summed E-state index contributed by atoms with van der Waals surface area (Å²) in [6, 6.07) is 11.4. The molecule has 4 rings (SSSR count). The lowest BCUT2D eigenvalue weighted by molar-refractivity contribution is 0.0974. The molecule has 23 heavy (non-hydrogen) atoms. The predicted molar refractivity (Wildman–Crippen MR) is 85.3 cm³/mol. The van der Waals surface area contributed by atoms with Crippen molar-refractivity contribution in [3.05, 3.63) is 70.3 Å². The third-order valence-corrected chi connectivity index (χ3v) is 4.25. The lowest BCUT2D eigenvalue weighted by Gasteiger charge is -2.20. The van der Waals surface area contributed by atoms with Crippen LogP contribution in [0.4, 0.5) is 0 Å². The molecule has 0 aliphatic heterocycles. The lowest BCUT2D eigenvalue weighted by atomic mass is 9.81. The maximum absolute atomic E-state index is 12.7. The average molecular weight is 304 g/mol. The van der Waals surface area contributed by atoms with Crippen LogP contribution in [0.3, 0.4) is 0 Å². The minimum absolute atomic E-state index is 0.0413. The predicted octanol–water partition coefficient (Wildman–Crippen LogP) is 3.33. The van der Waals surface area contributed by atoms with Crippen molar-refractivity contribution in [2.45, 2.75) is 6.92 Å². The minimum atomic E-state index is -0.535. The highest BCUT2D eigenvalue weighted by Crippen LogP contribution is 2.40. The van der Waals surface area contributed by atoms with E-state index in [2.05, 4.69) is 0 Å². The third kappa shape index (κ3) is 1.72. The van der Waals surface area contributed by atoms with Gasteiger partial charge in [0, 0.05) is 16.5 Å². The summed E-state index contributed by atoms with van der Waals surface area (Å²) in [5.41, 5.74) is 1.23. The zero-order valence-corrected chi connectivity index (χ0v) is 12.3. The number of hydrogen-bond donors (Lipinski definition) is 2. The van der Waals surface area contributed by atoms with Crippen molar-refractivity contribution in [1.82, 2.24) is 0 Å². The number of carbonyl (C=O) groups is 2. The molecule has 0 bridgehead atoms. The number of phenolic OH excluding ortho intramolecular Hbond substituents is 2. The van der Waals surface area contributed by atoms with Crippen molar-refractivity contribution in [2.24, 2.45) is 0 Å². The summed E-state index contributed by atoms with van der Waals surface area (Å²) in [6.07, 6.45) is 0. The summed E-state index contributed by atoms with van der Waals surface area (Å²) in [7, 11) is 0. The first-order chi connectivity index (χ1) is 11.0. The average Bonchev–Trinajstić information content (AvgIpc) is 2.52. The van der Waals surface area contributed by atoms with Gasteiger partial charge in [-0.25, -0.2) is 0 Å². The molecule has 3 aromatic rings. The molecule has 0 saturated heterocycles. The molecule has 0 spiro atoms. The molecule has 0 radical (unpaired) electrons. The van der Waals surface area contributed by atoms with Gasteiger partial charge in [0.15, 0.2) is 5.78 Å². The van der Waals surface area contributed by atoms with Crippen LogP contribution < -0.4 is 0 Å². The van der Waals surface area contributed by atoms with Gasteiger partial charge < -0.3 is 10.2 Å². The van der Waals surface area contributed by atoms with Crippen molar-refractivity contribution in [3.63, 3.8) is 0 Å². The smallest absolute Gasteiger partial charge is 0.201 e. The summed E-state index contributed by atoms with van der Waals surface area (Å²) in [5.74, 6) is -1.38. The van der Waals surface area contributed by atoms with E-state index >= 15 is 0 Å². The number of aromatic hydroxyl groups is 2. The van der Waals surface area contributed by atoms with Gasteiger partial charge in [-0.2, -0.15) is 0 Å². The fourth-order valence-electron chi connectivity index (χ4n) is 3.15. The summed E-state index contributed by atoms with van der Waals surface area (Å²) < 4.78 is 0. The highest BCUT2D eigenvalue weighted by Gasteiger charge is 2.34. The quantitative estimate of drug-likeness (QED) is 0.522. The van der Waals surface area contributed by atoms with E-state index in [1.165, 1.54) is 18.2 Å². The molecule has 1 aliphatic rings. The van der Waals surface area contributed by atoms with Crippen LogP contribution >= 0.6 is 0 Å². The van der Waals surface area contributed by atoms with Crippen LogP contribution in [0.2, 0.25) is 0 Å². The van der Waals surface area contributed by atoms with Crippen LogP contribution in [0.25, 0.3) is 10.8 Å². The Balaban J connectivity index is 2.13. The zero-order valence-electron chi connectivity index (χ0n) is 12.3. The Labute approximate surface area is 131 Å². The molecule has 3 aromatic carbocycles. The van der Waals surface area contributed by atoms with Crippen molar-refractivity contribution < 1.29 is 19.8 Å². The van der Waals surface area contributed by atoms with Gasteiger partial charge in [0.25, 0.3) is 0 Å². The highest BCUT2D eigenvalue weighted by molar-refractivity contribution is 6.31. The second kappa shape index (κ2) is 4.43. The summed E-state index contributed by atoms with van der Waals surface area (Å²) in [4.78, 5) is 25.4. The van der Waals surface area contributed by atoms with Crippen LogP contribution in [0, 0.1) is 6.92 Å². The van der Waals surface area contributed by atoms with Crippen molar-refractivity contribution >= 4 is 22.3 Å². The third-order valence-electron chi connectivity index (χ3n) is 4.25. The Morgan fingerprint density at radius 1 is 0.826 bits per heavy atom. The van der Waals surface area contributed by atoms with Gasteiger partial charge >= 0.3 is 0 Å². The van der Waals surface area contributed by atoms with Gasteiger partial charge in [-0.1, -0.05) is 35.9 Å². The number of aryl methyl sites for hydroxylation is 1. The fraction of sp³-hybridized carbons (Fsp3) is 0.0526. The van der Waals surface area contributed by atoms with Gasteiger partial charge in [0.2, 0.25) is 5.78 Å². The Morgan fingerprint density at radius 3 is 2.39 bits per heavy atom. The number of hydrogen-bond acceptors (Lipinski definition) is 4. The second-order valence-electron chi connectivity index (χ2n) is 5.73. The summed E-state index contributed by atoms with van der Waals surface area (Å²) in [6.45, 7) is 1.91. The number of benzene rings is 3. The maximum atomic E-state index is 12.7. The lowest BCUT2D eigenvalue weighted by Crippen LogP contribution is -2.21. The SMILES string of the molecule is Cc1ccc2c(O)c3c(cc2c1)C(=O)c1cccc(O)c1C3=O. The molecule has 0 aromatic heterocycles. The van der Waals surface area contributed by atoms with Gasteiger partial charge in [0.05, 0.1) is 11.1 Å². The fourth-order valence-corrected chi connectivity index (χ4v) is 3.15. The summed E-state index contributed by atoms with van der Waals surface area (Å²) >= 11 is 0. The van der Waals surface area contributed by atoms with E-state index < -0.39 is 5.78 Å². The number of carbonyl (C=O) groups excluding carboxylic acids is 2. The molecular weight excluding hydrogens is 292 g/mol. The molecule has 0 fully saturated rings. The molecule has 4 heteroatoms. The Morgan fingerprint density at radius 2 is 1.61 bits per heavy atom. The molecule has 0 amide bonds. The van der Waals surface area contributed by atoms with E-state index in [4.69, 9.17) is 0 Å². The van der Waals surface area contributed by atoms with Crippen LogP contribution in [-0.2, 0) is 0 Å². The van der Waals surface area contributed by atoms with E-state index in [1.807, 2.05) is 19.1 Å². The molecule has 0 heterocycles. The highest BCUT2D eigenvalue weighted by atomic mass is 16.3. The number of rotatable bonds is 0. The first-order valence-electron chi connectivity index (χ1n) is 7.16. The monoisotopic (exact) mass is 304 g/mol. The first-order valence-corrected chi connectivity index (χ1v) is 7.16.